The Bertz CT molecular complexity index is 404. The first-order valence-corrected chi connectivity index (χ1v) is 6.17. The zero-order valence-corrected chi connectivity index (χ0v) is 12.3. The SMILES string of the molecule is C/C(=C\CN)CC/C=C(\C)Cc1cc(C)co1.Cl. The molecule has 0 spiro atoms. The second kappa shape index (κ2) is 9.01. The summed E-state index contributed by atoms with van der Waals surface area (Å²) in [6.45, 7) is 6.97. The molecule has 0 atom stereocenters. The Morgan fingerprint density at radius 1 is 1.28 bits per heavy atom. The van der Waals surface area contributed by atoms with Crippen molar-refractivity contribution in [2.45, 2.75) is 40.0 Å². The van der Waals surface area contributed by atoms with Crippen molar-refractivity contribution >= 4 is 12.4 Å². The first-order chi connectivity index (χ1) is 8.11. The molecule has 1 heterocycles. The fourth-order valence-electron chi connectivity index (χ4n) is 1.78. The summed E-state index contributed by atoms with van der Waals surface area (Å²) in [7, 11) is 0. The Labute approximate surface area is 116 Å². The van der Waals surface area contributed by atoms with Crippen molar-refractivity contribution in [3.8, 4) is 0 Å². The van der Waals surface area contributed by atoms with E-state index in [1.165, 1.54) is 16.7 Å². The van der Waals surface area contributed by atoms with Crippen LogP contribution < -0.4 is 5.73 Å². The minimum Gasteiger partial charge on any atom is -0.469 e. The predicted molar refractivity (Wildman–Crippen MR) is 80.2 cm³/mol. The van der Waals surface area contributed by atoms with Gasteiger partial charge in [0.25, 0.3) is 0 Å². The topological polar surface area (TPSA) is 39.2 Å². The lowest BCUT2D eigenvalue weighted by Gasteiger charge is -2.00. The van der Waals surface area contributed by atoms with Gasteiger partial charge in [-0.15, -0.1) is 12.4 Å². The van der Waals surface area contributed by atoms with E-state index in [1.807, 2.05) is 6.92 Å². The summed E-state index contributed by atoms with van der Waals surface area (Å²) in [4.78, 5) is 0. The number of halogens is 1. The monoisotopic (exact) mass is 269 g/mol. The van der Waals surface area contributed by atoms with Crippen LogP contribution in [0.4, 0.5) is 0 Å². The van der Waals surface area contributed by atoms with Crippen LogP contribution in [-0.4, -0.2) is 6.54 Å². The zero-order valence-electron chi connectivity index (χ0n) is 11.5. The van der Waals surface area contributed by atoms with E-state index in [0.717, 1.165) is 25.0 Å². The van der Waals surface area contributed by atoms with Crippen LogP contribution in [0.15, 0.2) is 40.0 Å². The molecule has 0 saturated carbocycles. The summed E-state index contributed by atoms with van der Waals surface area (Å²) in [6.07, 6.45) is 9.24. The molecule has 2 nitrogen and oxygen atoms in total. The van der Waals surface area contributed by atoms with E-state index in [9.17, 15) is 0 Å². The molecule has 0 fully saturated rings. The van der Waals surface area contributed by atoms with E-state index >= 15 is 0 Å². The van der Waals surface area contributed by atoms with E-state index < -0.39 is 0 Å². The molecule has 0 bridgehead atoms. The summed E-state index contributed by atoms with van der Waals surface area (Å²) in [5, 5.41) is 0. The van der Waals surface area contributed by atoms with Crippen molar-refractivity contribution in [3.63, 3.8) is 0 Å². The number of rotatable bonds is 6. The van der Waals surface area contributed by atoms with Crippen molar-refractivity contribution in [2.24, 2.45) is 5.73 Å². The quantitative estimate of drug-likeness (QED) is 0.787. The predicted octanol–water partition coefficient (Wildman–Crippen LogP) is 4.18. The van der Waals surface area contributed by atoms with E-state index in [1.54, 1.807) is 6.26 Å². The number of hydrogen-bond acceptors (Lipinski definition) is 2. The third-order valence-electron chi connectivity index (χ3n) is 2.74. The highest BCUT2D eigenvalue weighted by Crippen LogP contribution is 2.13. The van der Waals surface area contributed by atoms with Crippen LogP contribution >= 0.6 is 12.4 Å². The van der Waals surface area contributed by atoms with Crippen molar-refractivity contribution in [2.75, 3.05) is 6.54 Å². The summed E-state index contributed by atoms with van der Waals surface area (Å²) < 4.78 is 5.43. The average Bonchev–Trinajstić information content (AvgIpc) is 2.64. The van der Waals surface area contributed by atoms with Gasteiger partial charge in [-0.2, -0.15) is 0 Å². The molecule has 0 amide bonds. The number of nitrogens with two attached hydrogens (primary N) is 1. The van der Waals surface area contributed by atoms with Gasteiger partial charge in [-0.3, -0.25) is 0 Å². The Balaban J connectivity index is 0.00000289. The molecule has 0 saturated heterocycles. The second-order valence-electron chi connectivity index (χ2n) is 4.64. The van der Waals surface area contributed by atoms with Crippen molar-refractivity contribution in [1.29, 1.82) is 0 Å². The lowest BCUT2D eigenvalue weighted by atomic mass is 10.1. The van der Waals surface area contributed by atoms with Crippen molar-refractivity contribution in [3.05, 3.63) is 47.0 Å². The molecular formula is C15H24ClNO. The van der Waals surface area contributed by atoms with E-state index in [0.29, 0.717) is 6.54 Å². The Kier molecular flexibility index (Phi) is 8.51. The molecule has 0 aliphatic heterocycles. The molecular weight excluding hydrogens is 246 g/mol. The fourth-order valence-corrected chi connectivity index (χ4v) is 1.78. The number of hydrogen-bond donors (Lipinski definition) is 1. The highest BCUT2D eigenvalue weighted by Gasteiger charge is 1.99. The first kappa shape index (κ1) is 17.0. The molecule has 1 rings (SSSR count). The van der Waals surface area contributed by atoms with E-state index in [2.05, 4.69) is 32.1 Å². The third-order valence-corrected chi connectivity index (χ3v) is 2.74. The van der Waals surface area contributed by atoms with Gasteiger partial charge in [0.05, 0.1) is 6.26 Å². The van der Waals surface area contributed by atoms with Gasteiger partial charge in [-0.05, 0) is 45.2 Å². The van der Waals surface area contributed by atoms with Gasteiger partial charge >= 0.3 is 0 Å². The van der Waals surface area contributed by atoms with Gasteiger partial charge in [0, 0.05) is 13.0 Å². The van der Waals surface area contributed by atoms with Gasteiger partial charge in [0.2, 0.25) is 0 Å². The largest absolute Gasteiger partial charge is 0.469 e. The van der Waals surface area contributed by atoms with Gasteiger partial charge in [-0.25, -0.2) is 0 Å². The van der Waals surface area contributed by atoms with E-state index in [-0.39, 0.29) is 12.4 Å². The molecule has 2 N–H and O–H groups in total. The highest BCUT2D eigenvalue weighted by atomic mass is 35.5. The Hall–Kier alpha value is -0.990. The van der Waals surface area contributed by atoms with Crippen LogP contribution in [0.3, 0.4) is 0 Å². The van der Waals surface area contributed by atoms with Gasteiger partial charge in [0.1, 0.15) is 5.76 Å². The van der Waals surface area contributed by atoms with Crippen molar-refractivity contribution < 1.29 is 4.42 Å². The first-order valence-electron chi connectivity index (χ1n) is 6.17. The number of aryl methyl sites for hydroxylation is 1. The molecule has 1 aromatic heterocycles. The summed E-state index contributed by atoms with van der Waals surface area (Å²) in [6, 6.07) is 2.09. The third kappa shape index (κ3) is 6.67. The number of allylic oxidation sites excluding steroid dienone is 3. The summed E-state index contributed by atoms with van der Waals surface area (Å²) >= 11 is 0. The van der Waals surface area contributed by atoms with Crippen LogP contribution in [0.25, 0.3) is 0 Å². The molecule has 0 aliphatic rings. The van der Waals surface area contributed by atoms with Gasteiger partial charge in [0.15, 0.2) is 0 Å². The molecule has 102 valence electrons. The zero-order chi connectivity index (χ0) is 12.7. The van der Waals surface area contributed by atoms with Crippen LogP contribution in [0, 0.1) is 6.92 Å². The average molecular weight is 270 g/mol. The smallest absolute Gasteiger partial charge is 0.108 e. The van der Waals surface area contributed by atoms with Crippen LogP contribution in [0.1, 0.15) is 38.0 Å². The number of furan rings is 1. The molecule has 0 aromatic carbocycles. The van der Waals surface area contributed by atoms with Crippen molar-refractivity contribution in [1.82, 2.24) is 0 Å². The standard InChI is InChI=1S/C15H23NO.ClH/c1-12(7-8-16)5-4-6-13(2)9-15-10-14(3)11-17-15;/h6-7,10-11H,4-5,8-9,16H2,1-3H3;1H/b12-7+,13-6+;. The van der Waals surface area contributed by atoms with Gasteiger partial charge in [-0.1, -0.05) is 23.3 Å². The van der Waals surface area contributed by atoms with Gasteiger partial charge < -0.3 is 10.2 Å². The summed E-state index contributed by atoms with van der Waals surface area (Å²) in [5.74, 6) is 1.05. The Morgan fingerprint density at radius 2 is 2.00 bits per heavy atom. The fraction of sp³-hybridized carbons (Fsp3) is 0.467. The minimum absolute atomic E-state index is 0. The second-order valence-corrected chi connectivity index (χ2v) is 4.64. The maximum absolute atomic E-state index is 5.46. The summed E-state index contributed by atoms with van der Waals surface area (Å²) in [5.41, 5.74) is 9.38. The molecule has 3 heteroatoms. The van der Waals surface area contributed by atoms with Crippen LogP contribution in [0.2, 0.25) is 0 Å². The van der Waals surface area contributed by atoms with Crippen LogP contribution in [0.5, 0.6) is 0 Å². The molecule has 1 aromatic rings. The lowest BCUT2D eigenvalue weighted by Crippen LogP contribution is -1.94. The Morgan fingerprint density at radius 3 is 2.56 bits per heavy atom. The highest BCUT2D eigenvalue weighted by molar-refractivity contribution is 5.85. The molecule has 18 heavy (non-hydrogen) atoms. The molecule has 0 radical (unpaired) electrons. The van der Waals surface area contributed by atoms with E-state index in [4.69, 9.17) is 10.2 Å². The molecule has 0 aliphatic carbocycles. The normalized spacial score (nSPS) is 12.4. The molecule has 0 unspecified atom stereocenters. The lowest BCUT2D eigenvalue weighted by molar-refractivity contribution is 0.518. The minimum atomic E-state index is 0. The van der Waals surface area contributed by atoms with Crippen LogP contribution in [-0.2, 0) is 6.42 Å². The maximum atomic E-state index is 5.46. The maximum Gasteiger partial charge on any atom is 0.108 e.